The molecule has 0 saturated carbocycles. The van der Waals surface area contributed by atoms with E-state index >= 15 is 0 Å². The Morgan fingerprint density at radius 2 is 2.06 bits per heavy atom. The number of carbonyl (C=O) groups is 1. The Hall–Kier alpha value is -1.51. The summed E-state index contributed by atoms with van der Waals surface area (Å²) >= 11 is 0. The largest absolute Gasteiger partial charge is 0.411 e. The van der Waals surface area contributed by atoms with Crippen molar-refractivity contribution in [2.75, 3.05) is 26.8 Å². The molecule has 0 aliphatic rings. The number of amides is 1. The van der Waals surface area contributed by atoms with E-state index in [2.05, 4.69) is 9.89 Å². The van der Waals surface area contributed by atoms with Crippen LogP contribution in [-0.2, 0) is 9.53 Å². The summed E-state index contributed by atoms with van der Waals surface area (Å²) in [5.41, 5.74) is 5.20. The maximum Gasteiger partial charge on any atom is 0.411 e. The molecule has 18 heavy (non-hydrogen) atoms. The van der Waals surface area contributed by atoms with Gasteiger partial charge >= 0.3 is 6.18 Å². The summed E-state index contributed by atoms with van der Waals surface area (Å²) in [6.07, 6.45) is -4.36. The van der Waals surface area contributed by atoms with Crippen LogP contribution in [0.1, 0.15) is 12.8 Å². The van der Waals surface area contributed by atoms with Gasteiger partial charge in [0.25, 0.3) is 0 Å². The van der Waals surface area contributed by atoms with Crippen LogP contribution in [0.5, 0.6) is 0 Å². The molecule has 0 heterocycles. The van der Waals surface area contributed by atoms with Crippen molar-refractivity contribution in [3.05, 3.63) is 0 Å². The zero-order valence-corrected chi connectivity index (χ0v) is 9.90. The van der Waals surface area contributed by atoms with E-state index in [1.807, 2.05) is 0 Å². The van der Waals surface area contributed by atoms with Gasteiger partial charge in [0, 0.05) is 20.0 Å². The standard InChI is InChI=1S/C9H16F3N3O3/c1-15(4-2-7(13)14-17)8(16)3-5-18-6-9(10,11)12/h17H,2-6H2,1H3,(H2,13,14). The summed E-state index contributed by atoms with van der Waals surface area (Å²) in [4.78, 5) is 12.7. The Balaban J connectivity index is 3.75. The fourth-order valence-corrected chi connectivity index (χ4v) is 0.995. The summed E-state index contributed by atoms with van der Waals surface area (Å²) in [6, 6.07) is 0. The Morgan fingerprint density at radius 1 is 1.44 bits per heavy atom. The van der Waals surface area contributed by atoms with Crippen LogP contribution in [0.25, 0.3) is 0 Å². The molecule has 0 saturated heterocycles. The highest BCUT2D eigenvalue weighted by molar-refractivity contribution is 5.81. The van der Waals surface area contributed by atoms with Crippen molar-refractivity contribution in [3.8, 4) is 0 Å². The summed E-state index contributed by atoms with van der Waals surface area (Å²) in [5.74, 6) is -0.397. The van der Waals surface area contributed by atoms with E-state index in [4.69, 9.17) is 10.9 Å². The lowest BCUT2D eigenvalue weighted by atomic mass is 10.3. The van der Waals surface area contributed by atoms with Crippen LogP contribution in [0.4, 0.5) is 13.2 Å². The summed E-state index contributed by atoms with van der Waals surface area (Å²) < 4.78 is 39.5. The molecule has 0 spiro atoms. The van der Waals surface area contributed by atoms with Crippen molar-refractivity contribution >= 4 is 11.7 Å². The third-order valence-corrected chi connectivity index (χ3v) is 1.98. The molecule has 3 N–H and O–H groups in total. The monoisotopic (exact) mass is 271 g/mol. The lowest BCUT2D eigenvalue weighted by Gasteiger charge is -2.16. The van der Waals surface area contributed by atoms with Crippen LogP contribution >= 0.6 is 0 Å². The van der Waals surface area contributed by atoms with Crippen molar-refractivity contribution in [2.24, 2.45) is 10.9 Å². The number of ether oxygens (including phenoxy) is 1. The van der Waals surface area contributed by atoms with Crippen LogP contribution in [0.3, 0.4) is 0 Å². The Labute approximate surface area is 102 Å². The SMILES string of the molecule is CN(CCC(N)=NO)C(=O)CCOCC(F)(F)F. The molecule has 0 fully saturated rings. The Bertz CT molecular complexity index is 295. The van der Waals surface area contributed by atoms with Gasteiger partial charge in [0.15, 0.2) is 0 Å². The van der Waals surface area contributed by atoms with Crippen molar-refractivity contribution in [2.45, 2.75) is 19.0 Å². The minimum absolute atomic E-state index is 0.0250. The predicted octanol–water partition coefficient (Wildman–Crippen LogP) is 0.550. The molecule has 0 rings (SSSR count). The molecule has 106 valence electrons. The molecular weight excluding hydrogens is 255 g/mol. The van der Waals surface area contributed by atoms with Crippen LogP contribution in [0.2, 0.25) is 0 Å². The van der Waals surface area contributed by atoms with E-state index in [-0.39, 0.29) is 37.7 Å². The number of oxime groups is 1. The van der Waals surface area contributed by atoms with E-state index < -0.39 is 12.8 Å². The van der Waals surface area contributed by atoms with E-state index in [9.17, 15) is 18.0 Å². The van der Waals surface area contributed by atoms with E-state index in [1.165, 1.54) is 11.9 Å². The molecular formula is C9H16F3N3O3. The fraction of sp³-hybridized carbons (Fsp3) is 0.778. The smallest absolute Gasteiger partial charge is 0.409 e. The Kier molecular flexibility index (Phi) is 7.10. The molecule has 0 unspecified atom stereocenters. The second kappa shape index (κ2) is 7.75. The second-order valence-corrected chi connectivity index (χ2v) is 3.57. The maximum absolute atomic E-state index is 11.7. The number of nitrogens with two attached hydrogens (primary N) is 1. The van der Waals surface area contributed by atoms with Gasteiger partial charge in [-0.3, -0.25) is 4.79 Å². The molecule has 0 aromatic heterocycles. The number of nitrogens with zero attached hydrogens (tertiary/aromatic N) is 2. The van der Waals surface area contributed by atoms with Gasteiger partial charge in [0.2, 0.25) is 5.91 Å². The molecule has 6 nitrogen and oxygen atoms in total. The first-order chi connectivity index (χ1) is 8.26. The van der Waals surface area contributed by atoms with Gasteiger partial charge in [-0.15, -0.1) is 0 Å². The predicted molar refractivity (Wildman–Crippen MR) is 57.2 cm³/mol. The third kappa shape index (κ3) is 8.62. The van der Waals surface area contributed by atoms with Crippen molar-refractivity contribution in [3.63, 3.8) is 0 Å². The summed E-state index contributed by atoms with van der Waals surface area (Å²) in [6.45, 7) is -1.45. The number of hydrogen-bond acceptors (Lipinski definition) is 4. The molecule has 0 atom stereocenters. The molecule has 0 aromatic rings. The van der Waals surface area contributed by atoms with Crippen molar-refractivity contribution in [1.29, 1.82) is 0 Å². The number of hydrogen-bond donors (Lipinski definition) is 2. The topological polar surface area (TPSA) is 88.1 Å². The van der Waals surface area contributed by atoms with E-state index in [0.29, 0.717) is 0 Å². The zero-order chi connectivity index (χ0) is 14.2. The van der Waals surface area contributed by atoms with Crippen LogP contribution in [0, 0.1) is 0 Å². The van der Waals surface area contributed by atoms with Crippen LogP contribution in [0.15, 0.2) is 5.16 Å². The maximum atomic E-state index is 11.7. The Morgan fingerprint density at radius 3 is 2.56 bits per heavy atom. The summed E-state index contributed by atoms with van der Waals surface area (Å²) in [5, 5.41) is 11.0. The second-order valence-electron chi connectivity index (χ2n) is 3.57. The van der Waals surface area contributed by atoms with Crippen molar-refractivity contribution in [1.82, 2.24) is 4.90 Å². The fourth-order valence-electron chi connectivity index (χ4n) is 0.995. The number of halogens is 3. The molecule has 0 bridgehead atoms. The van der Waals surface area contributed by atoms with Gasteiger partial charge in [-0.1, -0.05) is 5.16 Å². The molecule has 1 amide bonds. The minimum atomic E-state index is -4.39. The summed E-state index contributed by atoms with van der Waals surface area (Å²) in [7, 11) is 1.47. The highest BCUT2D eigenvalue weighted by Crippen LogP contribution is 2.14. The highest BCUT2D eigenvalue weighted by Gasteiger charge is 2.27. The van der Waals surface area contributed by atoms with Gasteiger partial charge in [-0.05, 0) is 0 Å². The number of amidine groups is 1. The first kappa shape index (κ1) is 16.5. The molecule has 0 aliphatic carbocycles. The number of carbonyl (C=O) groups excluding carboxylic acids is 1. The third-order valence-electron chi connectivity index (χ3n) is 1.98. The first-order valence-electron chi connectivity index (χ1n) is 5.11. The van der Waals surface area contributed by atoms with Gasteiger partial charge < -0.3 is 20.6 Å². The highest BCUT2D eigenvalue weighted by atomic mass is 19.4. The molecule has 0 aliphatic heterocycles. The van der Waals surface area contributed by atoms with Gasteiger partial charge in [-0.25, -0.2) is 0 Å². The average molecular weight is 271 g/mol. The minimum Gasteiger partial charge on any atom is -0.409 e. The quantitative estimate of drug-likeness (QED) is 0.233. The normalized spacial score (nSPS) is 12.6. The van der Waals surface area contributed by atoms with Crippen LogP contribution in [-0.4, -0.2) is 54.8 Å². The van der Waals surface area contributed by atoms with Gasteiger partial charge in [0.1, 0.15) is 12.4 Å². The average Bonchev–Trinajstić information content (AvgIpc) is 2.29. The first-order valence-corrected chi connectivity index (χ1v) is 5.11. The van der Waals surface area contributed by atoms with Crippen molar-refractivity contribution < 1.29 is 27.9 Å². The van der Waals surface area contributed by atoms with E-state index in [0.717, 1.165) is 0 Å². The lowest BCUT2D eigenvalue weighted by Crippen LogP contribution is -2.31. The van der Waals surface area contributed by atoms with E-state index in [1.54, 1.807) is 0 Å². The molecule has 0 radical (unpaired) electrons. The number of alkyl halides is 3. The zero-order valence-electron chi connectivity index (χ0n) is 9.90. The van der Waals surface area contributed by atoms with Crippen LogP contribution < -0.4 is 5.73 Å². The van der Waals surface area contributed by atoms with Gasteiger partial charge in [0.05, 0.1) is 13.0 Å². The lowest BCUT2D eigenvalue weighted by molar-refractivity contribution is -0.175. The molecule has 9 heteroatoms. The van der Waals surface area contributed by atoms with Gasteiger partial charge in [-0.2, -0.15) is 13.2 Å². The molecule has 0 aromatic carbocycles. The number of rotatable bonds is 7.